The summed E-state index contributed by atoms with van der Waals surface area (Å²) >= 11 is 0. The van der Waals surface area contributed by atoms with E-state index in [0.717, 1.165) is 0 Å². The first-order valence-electron chi connectivity index (χ1n) is 24.1. The molecule has 7 amide bonds. The number of amides is 7. The van der Waals surface area contributed by atoms with Crippen LogP contribution in [0.5, 0.6) is 0 Å². The molecule has 1 saturated heterocycles. The van der Waals surface area contributed by atoms with Crippen LogP contribution in [0.25, 0.3) is 0 Å². The number of esters is 1. The van der Waals surface area contributed by atoms with E-state index < -0.39 is 101 Å². The lowest BCUT2D eigenvalue weighted by atomic mass is 9.87. The summed E-state index contributed by atoms with van der Waals surface area (Å²) in [6.45, 7) is 14.5. The molecule has 3 rings (SSSR count). The zero-order valence-electron chi connectivity index (χ0n) is 43.0. The smallest absolute Gasteiger partial charge is 0.408 e. The number of unbranched alkanes of at least 4 members (excludes halogenated alkanes) is 1. The number of hydrogen-bond acceptors (Lipinski definition) is 12. The first kappa shape index (κ1) is 58.8. The van der Waals surface area contributed by atoms with Gasteiger partial charge in [-0.25, -0.2) is 19.2 Å². The summed E-state index contributed by atoms with van der Waals surface area (Å²) in [4.78, 5) is 110. The molecule has 0 aromatic heterocycles. The first-order chi connectivity index (χ1) is 33.2. The topological polar surface area (TPSA) is 249 Å². The Bertz CT molecular complexity index is 2080. The van der Waals surface area contributed by atoms with Crippen LogP contribution in [0.3, 0.4) is 0 Å². The number of likely N-dealkylation sites (tertiary alicyclic amines) is 1. The Kier molecular flexibility index (Phi) is 22.6. The Labute approximate surface area is 417 Å². The molecule has 4 atom stereocenters. The Hall–Kier alpha value is -6.47. The van der Waals surface area contributed by atoms with Gasteiger partial charge in [0.05, 0.1) is 13.8 Å². The number of alkyl halides is 1. The summed E-state index contributed by atoms with van der Waals surface area (Å²) < 4.78 is 35.1. The van der Waals surface area contributed by atoms with Gasteiger partial charge in [0.15, 0.2) is 0 Å². The lowest BCUT2D eigenvalue weighted by molar-refractivity contribution is -0.153. The van der Waals surface area contributed by atoms with Crippen molar-refractivity contribution in [2.24, 2.45) is 0 Å². The van der Waals surface area contributed by atoms with Crippen molar-refractivity contribution in [2.45, 2.75) is 167 Å². The Morgan fingerprint density at radius 2 is 1.01 bits per heavy atom. The van der Waals surface area contributed by atoms with Crippen molar-refractivity contribution in [3.8, 4) is 0 Å². The number of hydrogen-bond donors (Lipinski definition) is 6. The van der Waals surface area contributed by atoms with Crippen LogP contribution in [0, 0.1) is 0 Å². The fourth-order valence-corrected chi connectivity index (χ4v) is 7.57. The zero-order valence-corrected chi connectivity index (χ0v) is 43.0. The van der Waals surface area contributed by atoms with Crippen molar-refractivity contribution < 1.29 is 61.7 Å². The molecule has 2 aromatic carbocycles. The van der Waals surface area contributed by atoms with Crippen molar-refractivity contribution in [1.82, 2.24) is 36.8 Å². The molecule has 19 nitrogen and oxygen atoms in total. The van der Waals surface area contributed by atoms with Gasteiger partial charge in [0, 0.05) is 32.5 Å². The SMILES string of the molecule is COC(=O)C1(NC(=O)OC(C)(C)C)CCN(C(=O)C(CCCCNC(=O)OC(C)(C)C)NC(=O)C(CCCF)NC(=O)C(Cc2ccccc2)NC(=O)C(Cc2ccccc2)NC(=O)OC(C)(C)C)CC1. The van der Waals surface area contributed by atoms with E-state index in [4.69, 9.17) is 18.9 Å². The maximum Gasteiger partial charge on any atom is 0.408 e. The maximum absolute atomic E-state index is 14.4. The molecule has 394 valence electrons. The molecular formula is C51H76FN7O12. The zero-order chi connectivity index (χ0) is 53.0. The summed E-state index contributed by atoms with van der Waals surface area (Å²) in [7, 11) is 1.18. The van der Waals surface area contributed by atoms with Gasteiger partial charge in [0.1, 0.15) is 46.5 Å². The van der Waals surface area contributed by atoms with Crippen molar-refractivity contribution in [3.63, 3.8) is 0 Å². The van der Waals surface area contributed by atoms with Gasteiger partial charge in [-0.15, -0.1) is 0 Å². The Balaban J connectivity index is 1.91. The number of ether oxygens (including phenoxy) is 4. The van der Waals surface area contributed by atoms with Crippen LogP contribution in [0.4, 0.5) is 18.8 Å². The van der Waals surface area contributed by atoms with Crippen molar-refractivity contribution in [1.29, 1.82) is 0 Å². The summed E-state index contributed by atoms with van der Waals surface area (Å²) in [5, 5.41) is 16.2. The third-order valence-corrected chi connectivity index (χ3v) is 10.9. The normalized spacial score (nSPS) is 15.3. The van der Waals surface area contributed by atoms with E-state index in [1.807, 2.05) is 0 Å². The van der Waals surface area contributed by atoms with Gasteiger partial charge in [0.2, 0.25) is 23.6 Å². The molecule has 6 N–H and O–H groups in total. The Morgan fingerprint density at radius 3 is 1.51 bits per heavy atom. The summed E-state index contributed by atoms with van der Waals surface area (Å²) in [5.74, 6) is -3.56. The number of alkyl carbamates (subject to hydrolysis) is 3. The fraction of sp³-hybridized carbons (Fsp3) is 0.608. The molecule has 4 unspecified atom stereocenters. The van der Waals surface area contributed by atoms with Crippen molar-refractivity contribution >= 4 is 47.9 Å². The molecule has 20 heteroatoms. The second-order valence-electron chi connectivity index (χ2n) is 20.5. The molecule has 0 radical (unpaired) electrons. The number of nitrogens with one attached hydrogen (secondary N) is 6. The highest BCUT2D eigenvalue weighted by atomic mass is 19.1. The predicted octanol–water partition coefficient (Wildman–Crippen LogP) is 5.32. The van der Waals surface area contributed by atoms with Crippen molar-refractivity contribution in [3.05, 3.63) is 71.8 Å². The average Bonchev–Trinajstić information content (AvgIpc) is 3.27. The van der Waals surface area contributed by atoms with Crippen LogP contribution in [0.2, 0.25) is 0 Å². The average molecular weight is 998 g/mol. The van der Waals surface area contributed by atoms with Gasteiger partial charge in [0.25, 0.3) is 0 Å². The highest BCUT2D eigenvalue weighted by molar-refractivity contribution is 5.96. The monoisotopic (exact) mass is 998 g/mol. The number of methoxy groups -OCH3 is 1. The van der Waals surface area contributed by atoms with Gasteiger partial charge in [-0.2, -0.15) is 0 Å². The fourth-order valence-electron chi connectivity index (χ4n) is 7.57. The number of piperidine rings is 1. The van der Waals surface area contributed by atoms with Crippen molar-refractivity contribution in [2.75, 3.05) is 33.4 Å². The summed E-state index contributed by atoms with van der Waals surface area (Å²) in [6.07, 6.45) is -1.97. The quantitative estimate of drug-likeness (QED) is 0.0498. The molecule has 1 aliphatic rings. The number of rotatable bonds is 22. The molecule has 1 aliphatic heterocycles. The number of halogens is 1. The number of carbonyl (C=O) groups excluding carboxylic acids is 8. The lowest BCUT2D eigenvalue weighted by Crippen LogP contribution is -2.63. The summed E-state index contributed by atoms with van der Waals surface area (Å²) in [6, 6.07) is 12.6. The lowest BCUT2D eigenvalue weighted by Gasteiger charge is -2.41. The number of carbonyl (C=O) groups is 8. The second kappa shape index (κ2) is 27.2. The van der Waals surface area contributed by atoms with Crippen LogP contribution in [-0.4, -0.2) is 133 Å². The number of benzene rings is 2. The molecule has 1 fully saturated rings. The van der Waals surface area contributed by atoms with Gasteiger partial charge in [-0.3, -0.25) is 23.6 Å². The molecule has 0 spiro atoms. The highest BCUT2D eigenvalue weighted by Crippen LogP contribution is 2.26. The maximum atomic E-state index is 14.4. The van der Waals surface area contributed by atoms with Gasteiger partial charge >= 0.3 is 24.2 Å². The van der Waals surface area contributed by atoms with E-state index in [9.17, 15) is 42.7 Å². The van der Waals surface area contributed by atoms with Crippen LogP contribution >= 0.6 is 0 Å². The van der Waals surface area contributed by atoms with E-state index >= 15 is 0 Å². The molecule has 1 heterocycles. The van der Waals surface area contributed by atoms with Crippen LogP contribution in [0.15, 0.2) is 60.7 Å². The standard InChI is InChI=1S/C51H76FN7O12/c1-48(2,3)69-45(65)53-29-18-17-24-37(43(63)59-30-26-51(27-31-59,44(64)68-10)58-47(67)71-50(7,8)9)55-40(60)36(25-19-28-52)54-41(61)38(32-34-20-13-11-14-21-34)56-42(62)39(33-35-22-15-12-16-23-35)57-46(66)70-49(4,5)6/h11-16,20-23,36-39H,17-19,24-33H2,1-10H3,(H,53,65)(H,54,61)(H,55,60)(H,56,62)(H,57,66)(H,58,67). The van der Waals surface area contributed by atoms with E-state index in [1.165, 1.54) is 12.0 Å². The van der Waals surface area contributed by atoms with Crippen LogP contribution < -0.4 is 31.9 Å². The molecule has 0 saturated carbocycles. The molecule has 71 heavy (non-hydrogen) atoms. The minimum absolute atomic E-state index is 0.0345. The third-order valence-electron chi connectivity index (χ3n) is 10.9. The van der Waals surface area contributed by atoms with E-state index in [1.54, 1.807) is 123 Å². The van der Waals surface area contributed by atoms with Crippen LogP contribution in [-0.2, 0) is 55.8 Å². The number of nitrogens with zero attached hydrogens (tertiary/aromatic N) is 1. The van der Waals surface area contributed by atoms with Crippen LogP contribution in [0.1, 0.15) is 118 Å². The second-order valence-corrected chi connectivity index (χ2v) is 20.5. The van der Waals surface area contributed by atoms with Gasteiger partial charge in [-0.05, 0) is 118 Å². The largest absolute Gasteiger partial charge is 0.467 e. The molecule has 0 aliphatic carbocycles. The predicted molar refractivity (Wildman–Crippen MR) is 262 cm³/mol. The van der Waals surface area contributed by atoms with E-state index in [2.05, 4.69) is 31.9 Å². The Morgan fingerprint density at radius 1 is 0.577 bits per heavy atom. The van der Waals surface area contributed by atoms with E-state index in [-0.39, 0.29) is 64.6 Å². The minimum atomic E-state index is -1.51. The molecule has 0 bridgehead atoms. The molecular weight excluding hydrogens is 922 g/mol. The van der Waals surface area contributed by atoms with Gasteiger partial charge in [-0.1, -0.05) is 60.7 Å². The highest BCUT2D eigenvalue weighted by Gasteiger charge is 2.46. The third kappa shape index (κ3) is 21.6. The van der Waals surface area contributed by atoms with Gasteiger partial charge < -0.3 is 55.7 Å². The summed E-state index contributed by atoms with van der Waals surface area (Å²) in [5.41, 5.74) is -2.61. The minimum Gasteiger partial charge on any atom is -0.467 e. The molecule has 2 aromatic rings. The van der Waals surface area contributed by atoms with E-state index in [0.29, 0.717) is 24.0 Å². The first-order valence-corrected chi connectivity index (χ1v) is 24.1.